The maximum absolute atomic E-state index is 13.5. The molecule has 0 radical (unpaired) electrons. The molecule has 2 aromatic carbocycles. The molecule has 1 fully saturated rings. The summed E-state index contributed by atoms with van der Waals surface area (Å²) in [6, 6.07) is 12.8. The number of carboxylic acids is 1. The molecule has 11 nitrogen and oxygen atoms in total. The minimum Gasteiger partial charge on any atom is -0.497 e. The third-order valence-corrected chi connectivity index (χ3v) is 8.56. The predicted molar refractivity (Wildman–Crippen MR) is 179 cm³/mol. The fourth-order valence-electron chi connectivity index (χ4n) is 6.11. The SMILES string of the molecule is CC/C(=C\c1cc(=O)n(CCN2CCC(N(Cc3ccc4c(c3)OCCO4)C(=O)OC(C)(C)C)CC2)c2cc(OC)ccc12)C(=O)O. The van der Waals surface area contributed by atoms with Gasteiger partial charge in [-0.15, -0.1) is 0 Å². The van der Waals surface area contributed by atoms with Gasteiger partial charge >= 0.3 is 12.1 Å². The molecule has 2 aliphatic heterocycles. The number of piperidine rings is 1. The van der Waals surface area contributed by atoms with Crippen LogP contribution in [0.15, 0.2) is 52.8 Å². The molecule has 1 N–H and O–H groups in total. The molecule has 11 heteroatoms. The molecule has 0 bridgehead atoms. The quantitative estimate of drug-likeness (QED) is 0.282. The molecule has 1 amide bonds. The topological polar surface area (TPSA) is 120 Å². The van der Waals surface area contributed by atoms with E-state index in [1.807, 2.05) is 62.1 Å². The summed E-state index contributed by atoms with van der Waals surface area (Å²) in [5, 5.41) is 10.4. The third-order valence-electron chi connectivity index (χ3n) is 8.56. The number of ether oxygens (including phenoxy) is 4. The molecule has 0 unspecified atom stereocenters. The first-order chi connectivity index (χ1) is 22.5. The second-order valence-corrected chi connectivity index (χ2v) is 13.0. The van der Waals surface area contributed by atoms with E-state index in [1.54, 1.807) is 24.7 Å². The Balaban J connectivity index is 1.31. The zero-order valence-electron chi connectivity index (χ0n) is 27.9. The summed E-state index contributed by atoms with van der Waals surface area (Å²) in [5.74, 6) is 1.00. The lowest BCUT2D eigenvalue weighted by molar-refractivity contribution is -0.132. The Morgan fingerprint density at radius 3 is 2.40 bits per heavy atom. The van der Waals surface area contributed by atoms with E-state index in [4.69, 9.17) is 18.9 Å². The van der Waals surface area contributed by atoms with Crippen molar-refractivity contribution in [3.8, 4) is 17.2 Å². The van der Waals surface area contributed by atoms with E-state index in [-0.39, 0.29) is 23.3 Å². The molecule has 3 heterocycles. The highest BCUT2D eigenvalue weighted by molar-refractivity contribution is 5.97. The van der Waals surface area contributed by atoms with Crippen molar-refractivity contribution in [2.45, 2.75) is 71.7 Å². The second-order valence-electron chi connectivity index (χ2n) is 13.0. The average molecular weight is 648 g/mol. The summed E-state index contributed by atoms with van der Waals surface area (Å²) in [6.07, 6.45) is 3.09. The molecular formula is C36H45N3O8. The monoisotopic (exact) mass is 647 g/mol. The number of carbonyl (C=O) groups excluding carboxylic acids is 1. The summed E-state index contributed by atoms with van der Waals surface area (Å²) >= 11 is 0. The van der Waals surface area contributed by atoms with Crippen LogP contribution in [0, 0.1) is 0 Å². The Bertz CT molecular complexity index is 1700. The summed E-state index contributed by atoms with van der Waals surface area (Å²) in [6.45, 7) is 11.4. The standard InChI is InChI=1S/C36H45N3O8/c1-6-25(34(41)42)20-26-21-33(40)38(30-22-28(44-5)8-9-29(26)30)16-15-37-13-11-27(12-14-37)39(35(43)47-36(2,3)4)23-24-7-10-31-32(19-24)46-18-17-45-31/h7-10,19-22,27H,6,11-18,23H2,1-5H3,(H,41,42)/b25-20+. The first kappa shape index (κ1) is 33.8. The van der Waals surface area contributed by atoms with E-state index in [0.717, 1.165) is 36.9 Å². The minimum absolute atomic E-state index is 0.0184. The molecule has 3 aromatic rings. The fourth-order valence-corrected chi connectivity index (χ4v) is 6.11. The number of hydrogen-bond donors (Lipinski definition) is 1. The number of rotatable bonds is 10. The zero-order valence-corrected chi connectivity index (χ0v) is 27.9. The third kappa shape index (κ3) is 8.26. The Hall–Kier alpha value is -4.51. The highest BCUT2D eigenvalue weighted by Gasteiger charge is 2.31. The molecule has 0 spiro atoms. The molecule has 47 heavy (non-hydrogen) atoms. The van der Waals surface area contributed by atoms with E-state index in [2.05, 4.69) is 4.90 Å². The fraction of sp³-hybridized carbons (Fsp3) is 0.472. The van der Waals surface area contributed by atoms with Crippen molar-refractivity contribution in [2.24, 2.45) is 0 Å². The second kappa shape index (κ2) is 14.5. The maximum Gasteiger partial charge on any atom is 0.410 e. The van der Waals surface area contributed by atoms with Gasteiger partial charge in [-0.05, 0) is 81.5 Å². The Kier molecular flexibility index (Phi) is 10.4. The number of benzene rings is 2. The van der Waals surface area contributed by atoms with E-state index in [9.17, 15) is 19.5 Å². The molecule has 1 saturated heterocycles. The van der Waals surface area contributed by atoms with Gasteiger partial charge in [0.05, 0.1) is 12.6 Å². The number of carbonyl (C=O) groups is 2. The largest absolute Gasteiger partial charge is 0.497 e. The number of aliphatic carboxylic acids is 1. The van der Waals surface area contributed by atoms with Crippen LogP contribution in [-0.4, -0.2) is 83.1 Å². The van der Waals surface area contributed by atoms with Crippen molar-refractivity contribution in [1.82, 2.24) is 14.4 Å². The molecule has 1 aromatic heterocycles. The van der Waals surface area contributed by atoms with Crippen molar-refractivity contribution < 1.29 is 33.6 Å². The lowest BCUT2D eigenvalue weighted by Gasteiger charge is -2.39. The predicted octanol–water partition coefficient (Wildman–Crippen LogP) is 5.56. The van der Waals surface area contributed by atoms with Gasteiger partial charge in [0.15, 0.2) is 11.5 Å². The molecule has 252 valence electrons. The van der Waals surface area contributed by atoms with Gasteiger partial charge in [-0.25, -0.2) is 9.59 Å². The normalized spacial score (nSPS) is 15.8. The van der Waals surface area contributed by atoms with Crippen molar-refractivity contribution in [3.05, 3.63) is 69.5 Å². The van der Waals surface area contributed by atoms with Crippen LogP contribution in [0.5, 0.6) is 17.2 Å². The number of pyridine rings is 1. The first-order valence-electron chi connectivity index (χ1n) is 16.2. The summed E-state index contributed by atoms with van der Waals surface area (Å²) < 4.78 is 24.4. The smallest absolute Gasteiger partial charge is 0.410 e. The van der Waals surface area contributed by atoms with Crippen LogP contribution in [-0.2, 0) is 22.6 Å². The van der Waals surface area contributed by atoms with Crippen LogP contribution in [0.3, 0.4) is 0 Å². The van der Waals surface area contributed by atoms with Crippen molar-refractivity contribution >= 4 is 29.0 Å². The van der Waals surface area contributed by atoms with Crippen LogP contribution < -0.4 is 19.8 Å². The molecule has 0 saturated carbocycles. The summed E-state index contributed by atoms with van der Waals surface area (Å²) in [5.41, 5.74) is 1.61. The van der Waals surface area contributed by atoms with Crippen LogP contribution in [0.4, 0.5) is 4.79 Å². The van der Waals surface area contributed by atoms with Gasteiger partial charge < -0.3 is 38.4 Å². The van der Waals surface area contributed by atoms with Crippen molar-refractivity contribution in [1.29, 1.82) is 0 Å². The molecule has 2 aliphatic rings. The number of likely N-dealkylation sites (tertiary alicyclic amines) is 1. The number of methoxy groups -OCH3 is 1. The number of hydrogen-bond acceptors (Lipinski definition) is 8. The van der Waals surface area contributed by atoms with Crippen LogP contribution in [0.2, 0.25) is 0 Å². The van der Waals surface area contributed by atoms with Gasteiger partial charge in [0.2, 0.25) is 0 Å². The highest BCUT2D eigenvalue weighted by atomic mass is 16.6. The van der Waals surface area contributed by atoms with Crippen molar-refractivity contribution in [2.75, 3.05) is 40.0 Å². The number of fused-ring (bicyclic) bond motifs is 2. The Morgan fingerprint density at radius 1 is 1.02 bits per heavy atom. The van der Waals surface area contributed by atoms with Gasteiger partial charge in [0, 0.05) is 61.9 Å². The van der Waals surface area contributed by atoms with Gasteiger partial charge in [-0.2, -0.15) is 0 Å². The van der Waals surface area contributed by atoms with E-state index >= 15 is 0 Å². The van der Waals surface area contributed by atoms with Gasteiger partial charge in [0.25, 0.3) is 5.56 Å². The zero-order chi connectivity index (χ0) is 33.7. The first-order valence-corrected chi connectivity index (χ1v) is 16.2. The van der Waals surface area contributed by atoms with E-state index in [1.165, 1.54) is 6.07 Å². The number of carboxylic acid groups (broad SMARTS) is 1. The number of nitrogens with zero attached hydrogens (tertiary/aromatic N) is 3. The summed E-state index contributed by atoms with van der Waals surface area (Å²) in [7, 11) is 1.57. The lowest BCUT2D eigenvalue weighted by atomic mass is 10.0. The van der Waals surface area contributed by atoms with Crippen LogP contribution in [0.1, 0.15) is 58.1 Å². The van der Waals surface area contributed by atoms with Gasteiger partial charge in [-0.3, -0.25) is 4.79 Å². The molecule has 0 atom stereocenters. The van der Waals surface area contributed by atoms with E-state index < -0.39 is 11.6 Å². The van der Waals surface area contributed by atoms with Crippen LogP contribution >= 0.6 is 0 Å². The average Bonchev–Trinajstić information content (AvgIpc) is 3.04. The number of amides is 1. The van der Waals surface area contributed by atoms with Gasteiger partial charge in [-0.1, -0.05) is 13.0 Å². The molecule has 0 aliphatic carbocycles. The lowest BCUT2D eigenvalue weighted by Crippen LogP contribution is -2.49. The Morgan fingerprint density at radius 2 is 1.74 bits per heavy atom. The summed E-state index contributed by atoms with van der Waals surface area (Å²) in [4.78, 5) is 42.7. The van der Waals surface area contributed by atoms with E-state index in [0.29, 0.717) is 67.6 Å². The molecular weight excluding hydrogens is 602 g/mol. The Labute approximate surface area is 275 Å². The highest BCUT2D eigenvalue weighted by Crippen LogP contribution is 2.32. The van der Waals surface area contributed by atoms with Gasteiger partial charge in [0.1, 0.15) is 24.6 Å². The minimum atomic E-state index is -1.00. The van der Waals surface area contributed by atoms with Crippen molar-refractivity contribution in [3.63, 3.8) is 0 Å². The number of aromatic nitrogens is 1. The molecule has 5 rings (SSSR count). The van der Waals surface area contributed by atoms with Crippen LogP contribution in [0.25, 0.3) is 17.0 Å². The maximum atomic E-state index is 13.5.